The average molecular weight is 437 g/mol. The lowest BCUT2D eigenvalue weighted by atomic mass is 9.95. The van der Waals surface area contributed by atoms with Gasteiger partial charge in [0.25, 0.3) is 0 Å². The molecule has 0 aromatic rings. The van der Waals surface area contributed by atoms with Crippen LogP contribution in [0.2, 0.25) is 0 Å². The van der Waals surface area contributed by atoms with Crippen LogP contribution in [0.3, 0.4) is 0 Å². The molecular formula is C30H60O. The minimum Gasteiger partial charge on any atom is -0.303 e. The normalized spacial score (nSPS) is 12.3. The Bertz CT molecular complexity index is 324. The van der Waals surface area contributed by atoms with Gasteiger partial charge in [-0.15, -0.1) is 0 Å². The van der Waals surface area contributed by atoms with Crippen molar-refractivity contribution in [1.82, 2.24) is 0 Å². The van der Waals surface area contributed by atoms with Crippen molar-refractivity contribution >= 4 is 6.29 Å². The topological polar surface area (TPSA) is 17.1 Å². The first-order valence-corrected chi connectivity index (χ1v) is 14.8. The molecule has 1 nitrogen and oxygen atoms in total. The van der Waals surface area contributed by atoms with E-state index in [1.54, 1.807) is 0 Å². The number of rotatable bonds is 27. The van der Waals surface area contributed by atoms with Crippen LogP contribution in [0.25, 0.3) is 0 Å². The third kappa shape index (κ3) is 25.8. The molecule has 0 aliphatic heterocycles. The van der Waals surface area contributed by atoms with Gasteiger partial charge in [0.2, 0.25) is 0 Å². The molecule has 0 aliphatic carbocycles. The zero-order valence-corrected chi connectivity index (χ0v) is 21.9. The Morgan fingerprint density at radius 3 is 0.839 bits per heavy atom. The van der Waals surface area contributed by atoms with Crippen molar-refractivity contribution in [1.29, 1.82) is 0 Å². The first-order chi connectivity index (χ1) is 15.3. The number of hydrogen-bond acceptors (Lipinski definition) is 1. The fourth-order valence-electron chi connectivity index (χ4n) is 4.78. The van der Waals surface area contributed by atoms with E-state index in [1.165, 1.54) is 160 Å². The van der Waals surface area contributed by atoms with Gasteiger partial charge in [-0.2, -0.15) is 0 Å². The Kier molecular flexibility index (Phi) is 27.4. The van der Waals surface area contributed by atoms with Crippen LogP contribution in [-0.4, -0.2) is 6.29 Å². The highest BCUT2D eigenvalue weighted by Gasteiger charge is 2.06. The number of carbonyl (C=O) groups excluding carboxylic acids is 1. The lowest BCUT2D eigenvalue weighted by molar-refractivity contribution is -0.111. The Hall–Kier alpha value is -0.330. The van der Waals surface area contributed by atoms with Crippen LogP contribution in [0.15, 0.2) is 0 Å². The van der Waals surface area contributed by atoms with Gasteiger partial charge in [-0.25, -0.2) is 0 Å². The highest BCUT2D eigenvalue weighted by Crippen LogP contribution is 2.18. The van der Waals surface area contributed by atoms with Gasteiger partial charge in [-0.3, -0.25) is 0 Å². The number of hydrogen-bond donors (Lipinski definition) is 0. The van der Waals surface area contributed by atoms with Crippen molar-refractivity contribution in [2.75, 3.05) is 0 Å². The first kappa shape index (κ1) is 30.7. The number of unbranched alkanes of at least 4 members (excludes halogenated alkanes) is 22. The molecule has 186 valence electrons. The van der Waals surface area contributed by atoms with E-state index in [1.807, 2.05) is 0 Å². The highest BCUT2D eigenvalue weighted by atomic mass is 16.1. The molecule has 0 spiro atoms. The Labute approximate surface area is 197 Å². The smallest absolute Gasteiger partial charge is 0.123 e. The van der Waals surface area contributed by atoms with Crippen LogP contribution < -0.4 is 0 Å². The quantitative estimate of drug-likeness (QED) is 0.0923. The standard InChI is InChI=1S/C30H60O/c1-3-5-7-9-11-13-15-16-18-20-22-24-26-28-30(29-31)27-25-23-21-19-17-14-12-10-8-6-4-2/h29-30H,3-28H2,1-2H3. The van der Waals surface area contributed by atoms with E-state index in [9.17, 15) is 4.79 Å². The lowest BCUT2D eigenvalue weighted by Gasteiger charge is -2.10. The zero-order chi connectivity index (χ0) is 22.7. The van der Waals surface area contributed by atoms with E-state index in [2.05, 4.69) is 13.8 Å². The summed E-state index contributed by atoms with van der Waals surface area (Å²) in [6.45, 7) is 4.58. The maximum absolute atomic E-state index is 11.4. The molecule has 0 aliphatic rings. The fraction of sp³-hybridized carbons (Fsp3) is 0.967. The van der Waals surface area contributed by atoms with Crippen LogP contribution in [0, 0.1) is 5.92 Å². The molecule has 0 saturated carbocycles. The maximum atomic E-state index is 11.4. The third-order valence-electron chi connectivity index (χ3n) is 7.05. The largest absolute Gasteiger partial charge is 0.303 e. The molecule has 1 atom stereocenters. The molecule has 31 heavy (non-hydrogen) atoms. The fourth-order valence-corrected chi connectivity index (χ4v) is 4.78. The zero-order valence-electron chi connectivity index (χ0n) is 21.9. The van der Waals surface area contributed by atoms with E-state index in [0.717, 1.165) is 12.8 Å². The van der Waals surface area contributed by atoms with Crippen LogP contribution in [0.5, 0.6) is 0 Å². The molecule has 1 heteroatoms. The molecule has 0 aromatic carbocycles. The predicted octanol–water partition coefficient (Wildman–Crippen LogP) is 11.0. The van der Waals surface area contributed by atoms with Gasteiger partial charge in [0.1, 0.15) is 6.29 Å². The van der Waals surface area contributed by atoms with Gasteiger partial charge >= 0.3 is 0 Å². The molecule has 0 saturated heterocycles. The van der Waals surface area contributed by atoms with E-state index >= 15 is 0 Å². The number of carbonyl (C=O) groups is 1. The summed E-state index contributed by atoms with van der Waals surface area (Å²) in [7, 11) is 0. The van der Waals surface area contributed by atoms with Crippen molar-refractivity contribution in [3.05, 3.63) is 0 Å². The predicted molar refractivity (Wildman–Crippen MR) is 141 cm³/mol. The van der Waals surface area contributed by atoms with Crippen molar-refractivity contribution < 1.29 is 4.79 Å². The van der Waals surface area contributed by atoms with Crippen molar-refractivity contribution in [2.45, 2.75) is 181 Å². The van der Waals surface area contributed by atoms with Crippen LogP contribution >= 0.6 is 0 Å². The maximum Gasteiger partial charge on any atom is 0.123 e. The van der Waals surface area contributed by atoms with Crippen molar-refractivity contribution in [3.63, 3.8) is 0 Å². The third-order valence-corrected chi connectivity index (χ3v) is 7.05. The van der Waals surface area contributed by atoms with Gasteiger partial charge < -0.3 is 4.79 Å². The second-order valence-corrected chi connectivity index (χ2v) is 10.3. The van der Waals surface area contributed by atoms with Gasteiger partial charge in [-0.1, -0.05) is 168 Å². The van der Waals surface area contributed by atoms with Gasteiger partial charge in [0.05, 0.1) is 0 Å². The van der Waals surface area contributed by atoms with Gasteiger partial charge in [0, 0.05) is 5.92 Å². The van der Waals surface area contributed by atoms with Crippen molar-refractivity contribution in [2.24, 2.45) is 5.92 Å². The highest BCUT2D eigenvalue weighted by molar-refractivity contribution is 5.53. The summed E-state index contributed by atoms with van der Waals surface area (Å²) < 4.78 is 0. The molecular weight excluding hydrogens is 376 g/mol. The number of aldehydes is 1. The van der Waals surface area contributed by atoms with E-state index < -0.39 is 0 Å². The van der Waals surface area contributed by atoms with Crippen molar-refractivity contribution in [3.8, 4) is 0 Å². The van der Waals surface area contributed by atoms with E-state index in [4.69, 9.17) is 0 Å². The summed E-state index contributed by atoms with van der Waals surface area (Å²) in [5.74, 6) is 0.339. The van der Waals surface area contributed by atoms with Gasteiger partial charge in [-0.05, 0) is 12.8 Å². The lowest BCUT2D eigenvalue weighted by Crippen LogP contribution is -2.02. The second kappa shape index (κ2) is 27.7. The Morgan fingerprint density at radius 2 is 0.613 bits per heavy atom. The molecule has 0 heterocycles. The summed E-state index contributed by atoms with van der Waals surface area (Å²) in [4.78, 5) is 11.4. The Balaban J connectivity index is 3.27. The van der Waals surface area contributed by atoms with Crippen LogP contribution in [-0.2, 0) is 4.79 Å². The average Bonchev–Trinajstić information content (AvgIpc) is 2.79. The van der Waals surface area contributed by atoms with Crippen LogP contribution in [0.1, 0.15) is 181 Å². The molecule has 0 N–H and O–H groups in total. The minimum atomic E-state index is 0.339. The summed E-state index contributed by atoms with van der Waals surface area (Å²) >= 11 is 0. The monoisotopic (exact) mass is 436 g/mol. The molecule has 0 fully saturated rings. The molecule has 0 amide bonds. The first-order valence-electron chi connectivity index (χ1n) is 14.8. The summed E-state index contributed by atoms with van der Waals surface area (Å²) in [6.07, 6.45) is 37.1. The molecule has 0 bridgehead atoms. The summed E-state index contributed by atoms with van der Waals surface area (Å²) in [5.41, 5.74) is 0. The molecule has 0 rings (SSSR count). The van der Waals surface area contributed by atoms with E-state index in [-0.39, 0.29) is 0 Å². The Morgan fingerprint density at radius 1 is 0.387 bits per heavy atom. The summed E-state index contributed by atoms with van der Waals surface area (Å²) in [5, 5.41) is 0. The van der Waals surface area contributed by atoms with Gasteiger partial charge in [0.15, 0.2) is 0 Å². The molecule has 1 unspecified atom stereocenters. The van der Waals surface area contributed by atoms with E-state index in [0.29, 0.717) is 5.92 Å². The van der Waals surface area contributed by atoms with Crippen LogP contribution in [0.4, 0.5) is 0 Å². The second-order valence-electron chi connectivity index (χ2n) is 10.3. The molecule has 0 aromatic heterocycles. The summed E-state index contributed by atoms with van der Waals surface area (Å²) in [6, 6.07) is 0. The SMILES string of the molecule is CCCCCCCCCCCCCCCC(C=O)CCCCCCCCCCCCC. The minimum absolute atomic E-state index is 0.339. The molecule has 0 radical (unpaired) electrons.